The largest absolute Gasteiger partial charge is 0.345 e. The van der Waals surface area contributed by atoms with E-state index in [1.54, 1.807) is 35.6 Å². The van der Waals surface area contributed by atoms with Crippen molar-refractivity contribution in [1.29, 1.82) is 0 Å². The Morgan fingerprint density at radius 3 is 2.38 bits per heavy atom. The van der Waals surface area contributed by atoms with Crippen LogP contribution in [-0.4, -0.2) is 67.3 Å². The van der Waals surface area contributed by atoms with Gasteiger partial charge in [0.15, 0.2) is 5.13 Å². The van der Waals surface area contributed by atoms with E-state index >= 15 is 0 Å². The van der Waals surface area contributed by atoms with Crippen LogP contribution < -0.4 is 4.90 Å². The van der Waals surface area contributed by atoms with Gasteiger partial charge in [0.05, 0.1) is 15.1 Å². The van der Waals surface area contributed by atoms with Gasteiger partial charge in [-0.2, -0.15) is 4.31 Å². The van der Waals surface area contributed by atoms with Crippen LogP contribution in [0.5, 0.6) is 0 Å². The van der Waals surface area contributed by atoms with Gasteiger partial charge < -0.3 is 9.80 Å². The molecule has 0 spiro atoms. The van der Waals surface area contributed by atoms with E-state index < -0.39 is 16.1 Å². The smallest absolute Gasteiger partial charge is 0.243 e. The number of benzene rings is 2. The van der Waals surface area contributed by atoms with Gasteiger partial charge in [0, 0.05) is 32.7 Å². The Kier molecular flexibility index (Phi) is 6.12. The van der Waals surface area contributed by atoms with Crippen molar-refractivity contribution in [2.45, 2.75) is 44.6 Å². The number of aromatic nitrogens is 1. The minimum absolute atomic E-state index is 0.0800. The molecule has 2 fully saturated rings. The Bertz CT molecular complexity index is 1330. The lowest BCUT2D eigenvalue weighted by atomic mass is 10.1. The van der Waals surface area contributed by atoms with Crippen LogP contribution in [0, 0.1) is 20.8 Å². The molecule has 0 N–H and O–H groups in total. The number of anilines is 1. The van der Waals surface area contributed by atoms with E-state index in [2.05, 4.69) is 30.9 Å². The molecule has 7 nitrogen and oxygen atoms in total. The van der Waals surface area contributed by atoms with Gasteiger partial charge in [0.2, 0.25) is 15.9 Å². The number of carbonyl (C=O) groups excluding carboxylic acids is 1. The lowest BCUT2D eigenvalue weighted by Crippen LogP contribution is -2.54. The van der Waals surface area contributed by atoms with Gasteiger partial charge in [0.25, 0.3) is 0 Å². The van der Waals surface area contributed by atoms with Crippen molar-refractivity contribution < 1.29 is 13.2 Å². The first-order valence-electron chi connectivity index (χ1n) is 11.7. The first-order valence-corrected chi connectivity index (χ1v) is 14.0. The molecule has 2 saturated heterocycles. The van der Waals surface area contributed by atoms with Gasteiger partial charge in [-0.1, -0.05) is 35.1 Å². The van der Waals surface area contributed by atoms with E-state index in [-0.39, 0.29) is 10.8 Å². The van der Waals surface area contributed by atoms with E-state index in [1.165, 1.54) is 20.1 Å². The van der Waals surface area contributed by atoms with Crippen molar-refractivity contribution in [2.75, 3.05) is 37.6 Å². The third-order valence-electron chi connectivity index (χ3n) is 6.79. The number of hydrogen-bond acceptors (Lipinski definition) is 6. The maximum atomic E-state index is 13.4. The summed E-state index contributed by atoms with van der Waals surface area (Å²) in [6.07, 6.45) is 1.27. The van der Waals surface area contributed by atoms with Gasteiger partial charge in [0.1, 0.15) is 6.04 Å². The summed E-state index contributed by atoms with van der Waals surface area (Å²) in [5.74, 6) is -0.0800. The highest BCUT2D eigenvalue weighted by molar-refractivity contribution is 7.89. The highest BCUT2D eigenvalue weighted by Crippen LogP contribution is 2.33. The number of fused-ring (bicyclic) bond motifs is 1. The highest BCUT2D eigenvalue weighted by Gasteiger charge is 2.41. The van der Waals surface area contributed by atoms with Gasteiger partial charge >= 0.3 is 0 Å². The third-order valence-corrected chi connectivity index (χ3v) is 9.98. The van der Waals surface area contributed by atoms with E-state index in [9.17, 15) is 13.2 Å². The van der Waals surface area contributed by atoms with Crippen LogP contribution in [0.25, 0.3) is 10.2 Å². The predicted octanol–water partition coefficient (Wildman–Crippen LogP) is 3.72. The summed E-state index contributed by atoms with van der Waals surface area (Å²) in [5.41, 5.74) is 4.48. The zero-order valence-corrected chi connectivity index (χ0v) is 21.5. The molecule has 3 heterocycles. The second kappa shape index (κ2) is 8.94. The van der Waals surface area contributed by atoms with E-state index in [4.69, 9.17) is 4.98 Å². The second-order valence-electron chi connectivity index (χ2n) is 9.33. The second-order valence-corrected chi connectivity index (χ2v) is 12.2. The minimum Gasteiger partial charge on any atom is -0.345 e. The Morgan fingerprint density at radius 1 is 0.971 bits per heavy atom. The zero-order chi connectivity index (χ0) is 24.0. The number of hydrogen-bond donors (Lipinski definition) is 0. The molecule has 1 aromatic heterocycles. The third kappa shape index (κ3) is 4.21. The summed E-state index contributed by atoms with van der Waals surface area (Å²) in [4.78, 5) is 22.6. The molecule has 180 valence electrons. The normalized spacial score (nSPS) is 19.8. The molecule has 3 aromatic rings. The number of thiazole rings is 1. The van der Waals surface area contributed by atoms with Crippen molar-refractivity contribution in [2.24, 2.45) is 0 Å². The molecular formula is C25H30N4O3S2. The zero-order valence-electron chi connectivity index (χ0n) is 19.8. The maximum absolute atomic E-state index is 13.4. The molecule has 0 radical (unpaired) electrons. The summed E-state index contributed by atoms with van der Waals surface area (Å²) >= 11 is 1.70. The fourth-order valence-corrected chi connectivity index (χ4v) is 7.67. The van der Waals surface area contributed by atoms with E-state index in [0.717, 1.165) is 16.2 Å². The molecular weight excluding hydrogens is 468 g/mol. The molecule has 2 aromatic carbocycles. The summed E-state index contributed by atoms with van der Waals surface area (Å²) in [6, 6.07) is 10.5. The molecule has 2 aliphatic rings. The molecule has 5 rings (SSSR count). The molecule has 2 aliphatic heterocycles. The van der Waals surface area contributed by atoms with Crippen LogP contribution in [0.2, 0.25) is 0 Å². The fourth-order valence-electron chi connectivity index (χ4n) is 4.95. The monoisotopic (exact) mass is 498 g/mol. The average Bonchev–Trinajstić information content (AvgIpc) is 3.47. The number of carbonyl (C=O) groups is 1. The first-order chi connectivity index (χ1) is 16.2. The van der Waals surface area contributed by atoms with E-state index in [1.807, 2.05) is 11.8 Å². The molecule has 34 heavy (non-hydrogen) atoms. The highest BCUT2D eigenvalue weighted by atomic mass is 32.2. The molecule has 0 saturated carbocycles. The molecule has 1 atom stereocenters. The van der Waals surface area contributed by atoms with Crippen LogP contribution in [0.4, 0.5) is 5.13 Å². The Hall–Kier alpha value is -2.49. The molecule has 9 heteroatoms. The molecule has 1 unspecified atom stereocenters. The van der Waals surface area contributed by atoms with Crippen molar-refractivity contribution in [1.82, 2.24) is 14.2 Å². The molecule has 1 amide bonds. The average molecular weight is 499 g/mol. The Morgan fingerprint density at radius 2 is 1.68 bits per heavy atom. The Balaban J connectivity index is 1.28. The maximum Gasteiger partial charge on any atom is 0.243 e. The first kappa shape index (κ1) is 23.3. The minimum atomic E-state index is -3.70. The lowest BCUT2D eigenvalue weighted by molar-refractivity contribution is -0.134. The van der Waals surface area contributed by atoms with Crippen LogP contribution in [0.1, 0.15) is 29.5 Å². The van der Waals surface area contributed by atoms with Crippen LogP contribution in [0.15, 0.2) is 41.3 Å². The van der Waals surface area contributed by atoms with Gasteiger partial charge in [-0.3, -0.25) is 4.79 Å². The number of aryl methyl sites for hydroxylation is 3. The summed E-state index contributed by atoms with van der Waals surface area (Å²) in [7, 11) is -3.70. The molecule has 0 aliphatic carbocycles. The van der Waals surface area contributed by atoms with E-state index in [0.29, 0.717) is 45.6 Å². The predicted molar refractivity (Wildman–Crippen MR) is 136 cm³/mol. The number of piperazine rings is 1. The topological polar surface area (TPSA) is 73.8 Å². The quantitative estimate of drug-likeness (QED) is 0.548. The van der Waals surface area contributed by atoms with Gasteiger partial charge in [-0.25, -0.2) is 13.4 Å². The lowest BCUT2D eigenvalue weighted by Gasteiger charge is -2.37. The standard InChI is InChI=1S/C25H30N4O3S2/c1-17-6-8-20(9-7-17)34(31,32)29-10-4-5-22(29)24(30)27-11-13-28(14-12-27)25-26-21-16-18(2)15-19(3)23(21)33-25/h6-9,15-16,22H,4-5,10-14H2,1-3H3. The molecule has 0 bridgehead atoms. The van der Waals surface area contributed by atoms with Crippen LogP contribution in [0.3, 0.4) is 0 Å². The van der Waals surface area contributed by atoms with Crippen molar-refractivity contribution >= 4 is 42.6 Å². The van der Waals surface area contributed by atoms with Crippen molar-refractivity contribution in [3.8, 4) is 0 Å². The van der Waals surface area contributed by atoms with Gasteiger partial charge in [-0.15, -0.1) is 0 Å². The van der Waals surface area contributed by atoms with Crippen LogP contribution in [-0.2, 0) is 14.8 Å². The summed E-state index contributed by atoms with van der Waals surface area (Å²) in [5, 5.41) is 0.986. The van der Waals surface area contributed by atoms with Crippen molar-refractivity contribution in [3.05, 3.63) is 53.1 Å². The van der Waals surface area contributed by atoms with Gasteiger partial charge in [-0.05, 0) is 62.9 Å². The summed E-state index contributed by atoms with van der Waals surface area (Å²) < 4.78 is 29.1. The fraction of sp³-hybridized carbons (Fsp3) is 0.440. The number of rotatable bonds is 4. The number of sulfonamides is 1. The number of amides is 1. The SMILES string of the molecule is Cc1ccc(S(=O)(=O)N2CCCC2C(=O)N2CCN(c3nc4cc(C)cc(C)c4s3)CC2)cc1. The van der Waals surface area contributed by atoms with Crippen molar-refractivity contribution in [3.63, 3.8) is 0 Å². The van der Waals surface area contributed by atoms with Crippen LogP contribution >= 0.6 is 11.3 Å². The Labute approximate surface area is 205 Å². The number of nitrogens with zero attached hydrogens (tertiary/aromatic N) is 4. The summed E-state index contributed by atoms with van der Waals surface area (Å²) in [6.45, 7) is 9.05.